The maximum atomic E-state index is 11.3. The lowest BCUT2D eigenvalue weighted by Gasteiger charge is -2.09. The smallest absolute Gasteiger partial charge is 0.238 e. The lowest BCUT2D eigenvalue weighted by molar-refractivity contribution is -0.114. The molecule has 0 spiro atoms. The molecule has 5 nitrogen and oxygen atoms in total. The number of hydrogen-bond donors (Lipinski definition) is 2. The minimum Gasteiger partial charge on any atom is -0.496 e. The lowest BCUT2D eigenvalue weighted by atomic mass is 10.1. The molecule has 0 heterocycles. The summed E-state index contributed by atoms with van der Waals surface area (Å²) in [5, 5.41) is 2.57. The Bertz CT molecular complexity index is 416. The Morgan fingerprint density at radius 2 is 2.12 bits per heavy atom. The van der Waals surface area contributed by atoms with Crippen LogP contribution in [0.5, 0.6) is 5.75 Å². The average molecular weight is 222 g/mol. The van der Waals surface area contributed by atoms with Crippen LogP contribution in [0.25, 0.3) is 0 Å². The van der Waals surface area contributed by atoms with Gasteiger partial charge in [-0.1, -0.05) is 0 Å². The van der Waals surface area contributed by atoms with E-state index in [0.29, 0.717) is 17.0 Å². The zero-order chi connectivity index (χ0) is 12.1. The Hall–Kier alpha value is -1.88. The summed E-state index contributed by atoms with van der Waals surface area (Å²) in [6.45, 7) is 1.34. The minimum atomic E-state index is -0.306. The number of carbonyl (C=O) groups excluding carboxylic acids is 2. The number of carbonyl (C=O) groups is 2. The Labute approximate surface area is 93.6 Å². The first kappa shape index (κ1) is 12.2. The minimum absolute atomic E-state index is 0.0958. The highest BCUT2D eigenvalue weighted by Gasteiger charge is 2.09. The fourth-order valence-corrected chi connectivity index (χ4v) is 1.27. The maximum absolute atomic E-state index is 11.3. The van der Waals surface area contributed by atoms with Gasteiger partial charge in [-0.15, -0.1) is 0 Å². The number of methoxy groups -OCH3 is 1. The topological polar surface area (TPSA) is 81.4 Å². The van der Waals surface area contributed by atoms with Crippen molar-refractivity contribution in [3.63, 3.8) is 0 Å². The molecule has 0 aliphatic rings. The Morgan fingerprint density at radius 3 is 2.62 bits per heavy atom. The number of rotatable bonds is 4. The first-order valence-corrected chi connectivity index (χ1v) is 4.77. The van der Waals surface area contributed by atoms with Crippen molar-refractivity contribution in [3.05, 3.63) is 23.8 Å². The zero-order valence-electron chi connectivity index (χ0n) is 9.24. The summed E-state index contributed by atoms with van der Waals surface area (Å²) < 4.78 is 5.03. The van der Waals surface area contributed by atoms with Gasteiger partial charge in [0.05, 0.1) is 19.2 Å². The quantitative estimate of drug-likeness (QED) is 0.738. The van der Waals surface area contributed by atoms with E-state index in [2.05, 4.69) is 5.32 Å². The molecule has 0 aromatic heterocycles. The van der Waals surface area contributed by atoms with Crippen molar-refractivity contribution < 1.29 is 14.3 Å². The van der Waals surface area contributed by atoms with E-state index in [1.54, 1.807) is 18.2 Å². The van der Waals surface area contributed by atoms with Crippen LogP contribution in [0.4, 0.5) is 5.69 Å². The van der Waals surface area contributed by atoms with Crippen molar-refractivity contribution >= 4 is 17.4 Å². The molecule has 1 aromatic carbocycles. The second kappa shape index (κ2) is 5.27. The number of nitrogens with two attached hydrogens (primary N) is 1. The van der Waals surface area contributed by atoms with Crippen molar-refractivity contribution in [2.75, 3.05) is 19.0 Å². The van der Waals surface area contributed by atoms with E-state index in [1.807, 2.05) is 0 Å². The summed E-state index contributed by atoms with van der Waals surface area (Å²) in [5.74, 6) is 0.0543. The fraction of sp³-hybridized carbons (Fsp3) is 0.273. The van der Waals surface area contributed by atoms with Gasteiger partial charge < -0.3 is 15.8 Å². The van der Waals surface area contributed by atoms with Crippen LogP contribution in [0, 0.1) is 0 Å². The van der Waals surface area contributed by atoms with Crippen molar-refractivity contribution in [1.29, 1.82) is 0 Å². The third-order valence-electron chi connectivity index (χ3n) is 2.05. The third-order valence-corrected chi connectivity index (χ3v) is 2.05. The number of ketones is 1. The van der Waals surface area contributed by atoms with Crippen LogP contribution in [0.1, 0.15) is 17.3 Å². The second-order valence-electron chi connectivity index (χ2n) is 3.22. The van der Waals surface area contributed by atoms with Gasteiger partial charge in [0.2, 0.25) is 5.91 Å². The van der Waals surface area contributed by atoms with Crippen molar-refractivity contribution in [3.8, 4) is 5.75 Å². The van der Waals surface area contributed by atoms with Gasteiger partial charge in [-0.2, -0.15) is 0 Å². The van der Waals surface area contributed by atoms with Crippen LogP contribution in [-0.4, -0.2) is 25.3 Å². The Morgan fingerprint density at radius 1 is 1.44 bits per heavy atom. The summed E-state index contributed by atoms with van der Waals surface area (Å²) in [7, 11) is 1.49. The molecule has 1 amide bonds. The van der Waals surface area contributed by atoms with Gasteiger partial charge >= 0.3 is 0 Å². The van der Waals surface area contributed by atoms with Crippen LogP contribution in [-0.2, 0) is 4.79 Å². The largest absolute Gasteiger partial charge is 0.496 e. The molecular formula is C11H14N2O3. The Balaban J connectivity index is 3.02. The zero-order valence-corrected chi connectivity index (χ0v) is 9.24. The number of anilines is 1. The molecule has 0 saturated heterocycles. The summed E-state index contributed by atoms with van der Waals surface area (Å²) in [6, 6.07) is 4.84. The van der Waals surface area contributed by atoms with E-state index < -0.39 is 0 Å². The van der Waals surface area contributed by atoms with Gasteiger partial charge in [0, 0.05) is 5.69 Å². The fourth-order valence-electron chi connectivity index (χ4n) is 1.27. The summed E-state index contributed by atoms with van der Waals surface area (Å²) >= 11 is 0. The second-order valence-corrected chi connectivity index (χ2v) is 3.22. The van der Waals surface area contributed by atoms with Gasteiger partial charge in [0.25, 0.3) is 0 Å². The van der Waals surface area contributed by atoms with E-state index in [4.69, 9.17) is 10.5 Å². The molecule has 0 aliphatic carbocycles. The molecule has 1 rings (SSSR count). The maximum Gasteiger partial charge on any atom is 0.238 e. The van der Waals surface area contributed by atoms with Gasteiger partial charge in [0.15, 0.2) is 5.78 Å². The third kappa shape index (κ3) is 2.80. The first-order valence-electron chi connectivity index (χ1n) is 4.77. The normalized spacial score (nSPS) is 9.69. The summed E-state index contributed by atoms with van der Waals surface area (Å²) in [4.78, 5) is 22.4. The average Bonchev–Trinajstić information content (AvgIpc) is 2.28. The van der Waals surface area contributed by atoms with Crippen molar-refractivity contribution in [2.45, 2.75) is 6.92 Å². The van der Waals surface area contributed by atoms with Crippen molar-refractivity contribution in [2.24, 2.45) is 5.73 Å². The molecule has 5 heteroatoms. The monoisotopic (exact) mass is 222 g/mol. The molecule has 16 heavy (non-hydrogen) atoms. The number of hydrogen-bond acceptors (Lipinski definition) is 4. The summed E-state index contributed by atoms with van der Waals surface area (Å²) in [6.07, 6.45) is 0. The molecular weight excluding hydrogens is 208 g/mol. The molecule has 86 valence electrons. The van der Waals surface area contributed by atoms with E-state index >= 15 is 0 Å². The number of Topliss-reactive ketones (excluding diaryl/α,β-unsaturated/α-hetero) is 1. The van der Waals surface area contributed by atoms with E-state index in [-0.39, 0.29) is 18.2 Å². The van der Waals surface area contributed by atoms with Gasteiger partial charge in [-0.05, 0) is 25.1 Å². The standard InChI is InChI=1S/C11H14N2O3/c1-7(14)9-5-8(13-11(15)6-12)3-4-10(9)16-2/h3-5H,6,12H2,1-2H3,(H,13,15). The molecule has 0 fully saturated rings. The van der Waals surface area contributed by atoms with E-state index in [9.17, 15) is 9.59 Å². The number of benzene rings is 1. The number of nitrogens with one attached hydrogen (secondary N) is 1. The van der Waals surface area contributed by atoms with Crippen LogP contribution >= 0.6 is 0 Å². The highest BCUT2D eigenvalue weighted by Crippen LogP contribution is 2.22. The van der Waals surface area contributed by atoms with Crippen LogP contribution in [0.15, 0.2) is 18.2 Å². The number of ether oxygens (including phenoxy) is 1. The highest BCUT2D eigenvalue weighted by molar-refractivity contribution is 5.99. The van der Waals surface area contributed by atoms with Gasteiger partial charge in [-0.25, -0.2) is 0 Å². The van der Waals surface area contributed by atoms with Crippen LogP contribution in [0.3, 0.4) is 0 Å². The molecule has 0 aliphatic heterocycles. The molecule has 1 aromatic rings. The summed E-state index contributed by atoms with van der Waals surface area (Å²) in [5.41, 5.74) is 6.13. The molecule has 0 unspecified atom stereocenters. The van der Waals surface area contributed by atoms with Gasteiger partial charge in [0.1, 0.15) is 5.75 Å². The molecule has 0 saturated carbocycles. The predicted molar refractivity (Wildman–Crippen MR) is 60.7 cm³/mol. The van der Waals surface area contributed by atoms with Crippen LogP contribution < -0.4 is 15.8 Å². The number of amides is 1. The Kier molecular flexibility index (Phi) is 4.02. The highest BCUT2D eigenvalue weighted by atomic mass is 16.5. The molecule has 0 atom stereocenters. The van der Waals surface area contributed by atoms with E-state index in [0.717, 1.165) is 0 Å². The van der Waals surface area contributed by atoms with E-state index in [1.165, 1.54) is 14.0 Å². The SMILES string of the molecule is COc1ccc(NC(=O)CN)cc1C(C)=O. The molecule has 3 N–H and O–H groups in total. The van der Waals surface area contributed by atoms with Gasteiger partial charge in [-0.3, -0.25) is 9.59 Å². The first-order chi connectivity index (χ1) is 7.58. The molecule has 0 bridgehead atoms. The molecule has 0 radical (unpaired) electrons. The van der Waals surface area contributed by atoms with Crippen molar-refractivity contribution in [1.82, 2.24) is 0 Å². The lowest BCUT2D eigenvalue weighted by Crippen LogP contribution is -2.21. The predicted octanol–water partition coefficient (Wildman–Crippen LogP) is 0.795. The van der Waals surface area contributed by atoms with Crippen LogP contribution in [0.2, 0.25) is 0 Å².